The normalized spacial score (nSPS) is 18.9. The molecule has 1 aromatic rings. The monoisotopic (exact) mass is 277 g/mol. The number of amides is 1. The molecule has 4 nitrogen and oxygen atoms in total. The number of likely N-dealkylation sites (tertiary alicyclic amines) is 1. The number of hydrogen-bond donors (Lipinski definition) is 1. The molecule has 1 saturated heterocycles. The molecule has 1 atom stereocenters. The number of aryl methyl sites for hydroxylation is 1. The first kappa shape index (κ1) is 14.9. The van der Waals surface area contributed by atoms with Gasteiger partial charge in [0.2, 0.25) is 5.91 Å². The molecule has 0 radical (unpaired) electrons. The predicted octanol–water partition coefficient (Wildman–Crippen LogP) is 2.14. The molecule has 0 spiro atoms. The third-order valence-electron chi connectivity index (χ3n) is 3.64. The molecule has 1 aromatic carbocycles. The Bertz CT molecular complexity index is 447. The molecule has 1 amide bonds. The maximum atomic E-state index is 12.0. The van der Waals surface area contributed by atoms with Crippen LogP contribution < -0.4 is 4.74 Å². The van der Waals surface area contributed by atoms with E-state index in [1.165, 1.54) is 0 Å². The van der Waals surface area contributed by atoms with Crippen molar-refractivity contribution in [3.8, 4) is 5.75 Å². The minimum atomic E-state index is -0.351. The molecule has 1 heterocycles. The fourth-order valence-electron chi connectivity index (χ4n) is 2.46. The van der Waals surface area contributed by atoms with E-state index in [0.29, 0.717) is 26.0 Å². The molecule has 110 valence electrons. The molecule has 1 N–H and O–H groups in total. The molecule has 1 aliphatic heterocycles. The summed E-state index contributed by atoms with van der Waals surface area (Å²) in [4.78, 5) is 13.7. The Hall–Kier alpha value is -1.55. The number of nitrogens with zero attached hydrogens (tertiary/aromatic N) is 1. The van der Waals surface area contributed by atoms with Crippen LogP contribution in [0.3, 0.4) is 0 Å². The molecule has 0 bridgehead atoms. The molecule has 1 aliphatic rings. The Morgan fingerprint density at radius 2 is 2.25 bits per heavy atom. The Kier molecular flexibility index (Phi) is 5.41. The number of carbonyl (C=O) groups is 1. The number of carbonyl (C=O) groups excluding carboxylic acids is 1. The van der Waals surface area contributed by atoms with Crippen LogP contribution in [-0.4, -0.2) is 41.7 Å². The van der Waals surface area contributed by atoms with Crippen molar-refractivity contribution in [3.63, 3.8) is 0 Å². The van der Waals surface area contributed by atoms with E-state index < -0.39 is 0 Å². The van der Waals surface area contributed by atoms with Crippen molar-refractivity contribution in [1.82, 2.24) is 4.90 Å². The van der Waals surface area contributed by atoms with Crippen LogP contribution in [0.25, 0.3) is 0 Å². The lowest BCUT2D eigenvalue weighted by Crippen LogP contribution is -2.42. The summed E-state index contributed by atoms with van der Waals surface area (Å²) in [6, 6.07) is 7.88. The van der Waals surface area contributed by atoms with Gasteiger partial charge in [0, 0.05) is 19.5 Å². The van der Waals surface area contributed by atoms with Crippen LogP contribution >= 0.6 is 0 Å². The molecule has 0 unspecified atom stereocenters. The van der Waals surface area contributed by atoms with Gasteiger partial charge in [-0.05, 0) is 37.8 Å². The van der Waals surface area contributed by atoms with Gasteiger partial charge in [0.05, 0.1) is 12.7 Å². The summed E-state index contributed by atoms with van der Waals surface area (Å²) in [5.74, 6) is 1.01. The lowest BCUT2D eigenvalue weighted by molar-refractivity contribution is -0.134. The van der Waals surface area contributed by atoms with E-state index in [-0.39, 0.29) is 12.0 Å². The van der Waals surface area contributed by atoms with Crippen molar-refractivity contribution < 1.29 is 14.6 Å². The first-order chi connectivity index (χ1) is 9.66. The SMILES string of the molecule is Cc1ccccc1OCCCC(=O)N1CCC[C@H](O)C1. The van der Waals surface area contributed by atoms with Crippen LogP contribution in [0, 0.1) is 6.92 Å². The molecular formula is C16H23NO3. The number of rotatable bonds is 5. The van der Waals surface area contributed by atoms with Crippen LogP contribution in [-0.2, 0) is 4.79 Å². The van der Waals surface area contributed by atoms with Gasteiger partial charge in [-0.25, -0.2) is 0 Å². The second-order valence-electron chi connectivity index (χ2n) is 5.35. The molecule has 1 fully saturated rings. The lowest BCUT2D eigenvalue weighted by Gasteiger charge is -2.30. The molecule has 0 aromatic heterocycles. The number of β-amino-alcohol motifs (C(OH)–C–C–N with tert-alkyl or cyclic N) is 1. The van der Waals surface area contributed by atoms with Gasteiger partial charge in [0.15, 0.2) is 0 Å². The average molecular weight is 277 g/mol. The van der Waals surface area contributed by atoms with E-state index >= 15 is 0 Å². The van der Waals surface area contributed by atoms with Gasteiger partial charge in [-0.15, -0.1) is 0 Å². The van der Waals surface area contributed by atoms with Crippen LogP contribution in [0.5, 0.6) is 5.75 Å². The third-order valence-corrected chi connectivity index (χ3v) is 3.64. The van der Waals surface area contributed by atoms with Crippen LogP contribution in [0.1, 0.15) is 31.2 Å². The van der Waals surface area contributed by atoms with E-state index in [0.717, 1.165) is 30.7 Å². The molecular weight excluding hydrogens is 254 g/mol. The molecule has 0 saturated carbocycles. The summed E-state index contributed by atoms with van der Waals surface area (Å²) in [6.45, 7) is 3.81. The highest BCUT2D eigenvalue weighted by molar-refractivity contribution is 5.76. The topological polar surface area (TPSA) is 49.8 Å². The lowest BCUT2D eigenvalue weighted by atomic mass is 10.1. The summed E-state index contributed by atoms with van der Waals surface area (Å²) in [6.07, 6.45) is 2.54. The first-order valence-corrected chi connectivity index (χ1v) is 7.31. The average Bonchev–Trinajstić information content (AvgIpc) is 2.45. The third kappa shape index (κ3) is 4.23. The van der Waals surface area contributed by atoms with Crippen LogP contribution in [0.4, 0.5) is 0 Å². The Morgan fingerprint density at radius 3 is 3.00 bits per heavy atom. The number of benzene rings is 1. The van der Waals surface area contributed by atoms with Crippen molar-refractivity contribution in [2.75, 3.05) is 19.7 Å². The summed E-state index contributed by atoms with van der Waals surface area (Å²) in [5.41, 5.74) is 1.11. The van der Waals surface area contributed by atoms with E-state index in [9.17, 15) is 9.90 Å². The van der Waals surface area contributed by atoms with E-state index in [1.807, 2.05) is 31.2 Å². The maximum absolute atomic E-state index is 12.0. The van der Waals surface area contributed by atoms with Crippen molar-refractivity contribution in [1.29, 1.82) is 0 Å². The summed E-state index contributed by atoms with van der Waals surface area (Å²) < 4.78 is 5.68. The largest absolute Gasteiger partial charge is 0.493 e. The Morgan fingerprint density at radius 1 is 1.45 bits per heavy atom. The van der Waals surface area contributed by atoms with Gasteiger partial charge >= 0.3 is 0 Å². The van der Waals surface area contributed by atoms with Gasteiger partial charge in [-0.1, -0.05) is 18.2 Å². The van der Waals surface area contributed by atoms with Gasteiger partial charge in [-0.3, -0.25) is 4.79 Å². The number of ether oxygens (including phenoxy) is 1. The van der Waals surface area contributed by atoms with Crippen molar-refractivity contribution in [2.24, 2.45) is 0 Å². The van der Waals surface area contributed by atoms with E-state index in [4.69, 9.17) is 4.74 Å². The minimum Gasteiger partial charge on any atom is -0.493 e. The smallest absolute Gasteiger partial charge is 0.222 e. The summed E-state index contributed by atoms with van der Waals surface area (Å²) in [7, 11) is 0. The van der Waals surface area contributed by atoms with Crippen molar-refractivity contribution in [3.05, 3.63) is 29.8 Å². The maximum Gasteiger partial charge on any atom is 0.222 e. The molecule has 0 aliphatic carbocycles. The van der Waals surface area contributed by atoms with Crippen LogP contribution in [0.15, 0.2) is 24.3 Å². The highest BCUT2D eigenvalue weighted by Crippen LogP contribution is 2.17. The Balaban J connectivity index is 1.68. The number of para-hydroxylation sites is 1. The fraction of sp³-hybridized carbons (Fsp3) is 0.562. The Labute approximate surface area is 120 Å². The number of aliphatic hydroxyl groups excluding tert-OH is 1. The minimum absolute atomic E-state index is 0.122. The number of aliphatic hydroxyl groups is 1. The van der Waals surface area contributed by atoms with Gasteiger partial charge < -0.3 is 14.7 Å². The second-order valence-corrected chi connectivity index (χ2v) is 5.35. The zero-order valence-electron chi connectivity index (χ0n) is 12.0. The molecule has 20 heavy (non-hydrogen) atoms. The number of piperidine rings is 1. The standard InChI is InChI=1S/C16H23NO3/c1-13-6-2-3-8-15(13)20-11-5-9-16(19)17-10-4-7-14(18)12-17/h2-3,6,8,14,18H,4-5,7,9-12H2,1H3/t14-/m0/s1. The number of hydrogen-bond acceptors (Lipinski definition) is 3. The summed E-state index contributed by atoms with van der Waals surface area (Å²) in [5, 5.41) is 9.56. The van der Waals surface area contributed by atoms with Gasteiger partial charge in [-0.2, -0.15) is 0 Å². The van der Waals surface area contributed by atoms with Crippen molar-refractivity contribution in [2.45, 2.75) is 38.7 Å². The summed E-state index contributed by atoms with van der Waals surface area (Å²) >= 11 is 0. The van der Waals surface area contributed by atoms with E-state index in [1.54, 1.807) is 4.90 Å². The van der Waals surface area contributed by atoms with Crippen molar-refractivity contribution >= 4 is 5.91 Å². The van der Waals surface area contributed by atoms with Crippen LogP contribution in [0.2, 0.25) is 0 Å². The first-order valence-electron chi connectivity index (χ1n) is 7.31. The molecule has 2 rings (SSSR count). The highest BCUT2D eigenvalue weighted by Gasteiger charge is 2.21. The highest BCUT2D eigenvalue weighted by atomic mass is 16.5. The zero-order chi connectivity index (χ0) is 14.4. The van der Waals surface area contributed by atoms with Gasteiger partial charge in [0.25, 0.3) is 0 Å². The van der Waals surface area contributed by atoms with Gasteiger partial charge in [0.1, 0.15) is 5.75 Å². The quantitative estimate of drug-likeness (QED) is 0.839. The predicted molar refractivity (Wildman–Crippen MR) is 77.7 cm³/mol. The fourth-order valence-corrected chi connectivity index (χ4v) is 2.46. The van der Waals surface area contributed by atoms with E-state index in [2.05, 4.69) is 0 Å². The molecule has 4 heteroatoms. The zero-order valence-corrected chi connectivity index (χ0v) is 12.0. The second kappa shape index (κ2) is 7.29.